The summed E-state index contributed by atoms with van der Waals surface area (Å²) in [5.41, 5.74) is 6.71. The Bertz CT molecular complexity index is 649. The topological polar surface area (TPSA) is 111 Å². The lowest BCUT2D eigenvalue weighted by Crippen LogP contribution is -2.24. The Morgan fingerprint density at radius 2 is 2.21 bits per heavy atom. The van der Waals surface area contributed by atoms with Crippen molar-refractivity contribution in [3.8, 4) is 0 Å². The van der Waals surface area contributed by atoms with Gasteiger partial charge in [-0.15, -0.1) is 0 Å². The molecule has 0 aliphatic heterocycles. The van der Waals surface area contributed by atoms with E-state index in [-0.39, 0.29) is 11.6 Å². The van der Waals surface area contributed by atoms with Crippen molar-refractivity contribution in [1.29, 1.82) is 0 Å². The average Bonchev–Trinajstić information content (AvgIpc) is 2.82. The van der Waals surface area contributed by atoms with Crippen LogP contribution in [-0.2, 0) is 23.1 Å². The van der Waals surface area contributed by atoms with Gasteiger partial charge in [-0.05, 0) is 18.6 Å². The zero-order chi connectivity index (χ0) is 13.9. The molecule has 0 saturated carbocycles. The van der Waals surface area contributed by atoms with E-state index in [4.69, 9.17) is 10.3 Å². The number of hydrogen-bond donors (Lipinski definition) is 2. The van der Waals surface area contributed by atoms with Crippen molar-refractivity contribution in [2.75, 3.05) is 0 Å². The highest BCUT2D eigenvalue weighted by Crippen LogP contribution is 2.08. The average molecular weight is 282 g/mol. The lowest BCUT2D eigenvalue weighted by atomic mass is 10.3. The van der Waals surface area contributed by atoms with E-state index in [1.165, 1.54) is 12.3 Å². The van der Waals surface area contributed by atoms with Crippen LogP contribution in [0.2, 0.25) is 0 Å². The van der Waals surface area contributed by atoms with Crippen molar-refractivity contribution in [1.82, 2.24) is 14.9 Å². The number of sulfonamides is 1. The summed E-state index contributed by atoms with van der Waals surface area (Å²) < 4.78 is 31.1. The largest absolute Gasteiger partial charge is 0.361 e. The van der Waals surface area contributed by atoms with Gasteiger partial charge >= 0.3 is 0 Å². The normalized spacial score (nSPS) is 11.7. The third-order valence-corrected chi connectivity index (χ3v) is 3.75. The summed E-state index contributed by atoms with van der Waals surface area (Å²) in [4.78, 5) is 3.86. The fourth-order valence-electron chi connectivity index (χ4n) is 1.43. The highest BCUT2D eigenvalue weighted by atomic mass is 32.2. The minimum absolute atomic E-state index is 0.0510. The van der Waals surface area contributed by atoms with Crippen LogP contribution in [0.5, 0.6) is 0 Å². The second-order valence-electron chi connectivity index (χ2n) is 3.96. The van der Waals surface area contributed by atoms with E-state index in [2.05, 4.69) is 14.9 Å². The number of aryl methyl sites for hydroxylation is 1. The first-order chi connectivity index (χ1) is 9.01. The predicted octanol–water partition coefficient (Wildman–Crippen LogP) is 0.315. The Morgan fingerprint density at radius 3 is 2.74 bits per heavy atom. The van der Waals surface area contributed by atoms with Crippen LogP contribution in [0.3, 0.4) is 0 Å². The van der Waals surface area contributed by atoms with Crippen molar-refractivity contribution < 1.29 is 12.9 Å². The molecule has 0 bridgehead atoms. The molecule has 0 saturated heterocycles. The molecule has 2 rings (SSSR count). The van der Waals surface area contributed by atoms with Gasteiger partial charge in [0.2, 0.25) is 0 Å². The van der Waals surface area contributed by atoms with E-state index < -0.39 is 10.0 Å². The summed E-state index contributed by atoms with van der Waals surface area (Å²) in [6.45, 7) is 2.11. The number of hydrogen-bond acceptors (Lipinski definition) is 6. The van der Waals surface area contributed by atoms with E-state index in [9.17, 15) is 8.42 Å². The molecule has 0 amide bonds. The molecule has 102 valence electrons. The van der Waals surface area contributed by atoms with Gasteiger partial charge in [0.15, 0.2) is 5.03 Å². The van der Waals surface area contributed by atoms with Gasteiger partial charge in [-0.3, -0.25) is 0 Å². The van der Waals surface area contributed by atoms with Crippen LogP contribution in [0.4, 0.5) is 0 Å². The molecule has 0 aromatic carbocycles. The Labute approximate surface area is 110 Å². The number of rotatable bonds is 5. The van der Waals surface area contributed by atoms with Crippen molar-refractivity contribution in [2.24, 2.45) is 5.73 Å². The number of nitrogens with one attached hydrogen (secondary N) is 1. The monoisotopic (exact) mass is 282 g/mol. The zero-order valence-corrected chi connectivity index (χ0v) is 11.1. The summed E-state index contributed by atoms with van der Waals surface area (Å²) in [5, 5.41) is 3.65. The molecule has 19 heavy (non-hydrogen) atoms. The molecule has 0 aliphatic rings. The Morgan fingerprint density at radius 1 is 1.42 bits per heavy atom. The number of pyridine rings is 1. The number of nitrogens with two attached hydrogens (primary N) is 1. The van der Waals surface area contributed by atoms with Gasteiger partial charge in [-0.2, -0.15) is 0 Å². The van der Waals surface area contributed by atoms with Crippen LogP contribution in [0.25, 0.3) is 0 Å². The second kappa shape index (κ2) is 5.47. The van der Waals surface area contributed by atoms with Gasteiger partial charge < -0.3 is 10.3 Å². The summed E-state index contributed by atoms with van der Waals surface area (Å²) in [7, 11) is -3.66. The Kier molecular flexibility index (Phi) is 3.93. The molecule has 8 heteroatoms. The molecule has 7 nitrogen and oxygen atoms in total. The fourth-order valence-corrected chi connectivity index (χ4v) is 2.36. The van der Waals surface area contributed by atoms with Gasteiger partial charge in [-0.25, -0.2) is 18.1 Å². The van der Waals surface area contributed by atoms with Crippen LogP contribution in [0.1, 0.15) is 17.0 Å². The lowest BCUT2D eigenvalue weighted by molar-refractivity contribution is 0.390. The molecule has 0 aliphatic carbocycles. The van der Waals surface area contributed by atoms with Crippen molar-refractivity contribution in [2.45, 2.75) is 25.0 Å². The quantitative estimate of drug-likeness (QED) is 0.816. The maximum Gasteiger partial charge on any atom is 0.258 e. The van der Waals surface area contributed by atoms with E-state index in [1.54, 1.807) is 19.1 Å². The molecule has 0 unspecified atom stereocenters. The molecule has 2 heterocycles. The third-order valence-electron chi connectivity index (χ3n) is 2.43. The van der Waals surface area contributed by atoms with E-state index in [1.807, 2.05) is 0 Å². The van der Waals surface area contributed by atoms with Crippen LogP contribution in [0.15, 0.2) is 33.9 Å². The minimum atomic E-state index is -3.66. The first-order valence-electron chi connectivity index (χ1n) is 5.58. The first-order valence-corrected chi connectivity index (χ1v) is 7.06. The van der Waals surface area contributed by atoms with E-state index >= 15 is 0 Å². The summed E-state index contributed by atoms with van der Waals surface area (Å²) in [5.74, 6) is 0.625. The SMILES string of the molecule is Cc1cc(CNS(=O)(=O)c2ccc(CN)cn2)no1. The molecule has 0 atom stereocenters. The number of nitrogens with zero attached hydrogens (tertiary/aromatic N) is 2. The highest BCUT2D eigenvalue weighted by molar-refractivity contribution is 7.89. The minimum Gasteiger partial charge on any atom is -0.361 e. The van der Waals surface area contributed by atoms with Gasteiger partial charge in [0.1, 0.15) is 5.76 Å². The van der Waals surface area contributed by atoms with Crippen molar-refractivity contribution >= 4 is 10.0 Å². The molecule has 3 N–H and O–H groups in total. The first kappa shape index (κ1) is 13.7. The molecular formula is C11H14N4O3S. The fraction of sp³-hybridized carbons (Fsp3) is 0.273. The van der Waals surface area contributed by atoms with Crippen molar-refractivity contribution in [3.05, 3.63) is 41.4 Å². The van der Waals surface area contributed by atoms with Crippen LogP contribution in [-0.4, -0.2) is 18.6 Å². The maximum absolute atomic E-state index is 11.9. The predicted molar refractivity (Wildman–Crippen MR) is 67.4 cm³/mol. The smallest absolute Gasteiger partial charge is 0.258 e. The lowest BCUT2D eigenvalue weighted by Gasteiger charge is -2.04. The summed E-state index contributed by atoms with van der Waals surface area (Å²) >= 11 is 0. The van der Waals surface area contributed by atoms with Gasteiger partial charge in [0.05, 0.1) is 12.2 Å². The van der Waals surface area contributed by atoms with Gasteiger partial charge in [0, 0.05) is 18.8 Å². The second-order valence-corrected chi connectivity index (χ2v) is 5.68. The van der Waals surface area contributed by atoms with Crippen LogP contribution >= 0.6 is 0 Å². The van der Waals surface area contributed by atoms with Gasteiger partial charge in [-0.1, -0.05) is 11.2 Å². The Hall–Kier alpha value is -1.77. The van der Waals surface area contributed by atoms with E-state index in [0.717, 1.165) is 5.56 Å². The zero-order valence-electron chi connectivity index (χ0n) is 10.3. The molecule has 2 aromatic heterocycles. The molecular weight excluding hydrogens is 268 g/mol. The Balaban J connectivity index is 2.09. The summed E-state index contributed by atoms with van der Waals surface area (Å²) in [6, 6.07) is 4.70. The standard InChI is InChI=1S/C11H14N4O3S/c1-8-4-10(15-18-8)7-14-19(16,17)11-3-2-9(5-12)6-13-11/h2-4,6,14H,5,7,12H2,1H3. The number of aromatic nitrogens is 2. The molecule has 0 spiro atoms. The molecule has 0 radical (unpaired) electrons. The maximum atomic E-state index is 11.9. The van der Waals surface area contributed by atoms with Gasteiger partial charge in [0.25, 0.3) is 10.0 Å². The highest BCUT2D eigenvalue weighted by Gasteiger charge is 2.16. The van der Waals surface area contributed by atoms with E-state index in [0.29, 0.717) is 18.0 Å². The molecule has 2 aromatic rings. The third kappa shape index (κ3) is 3.37. The van der Waals surface area contributed by atoms with Crippen LogP contribution < -0.4 is 10.5 Å². The van der Waals surface area contributed by atoms with Crippen molar-refractivity contribution in [3.63, 3.8) is 0 Å². The molecule has 0 fully saturated rings. The summed E-state index contributed by atoms with van der Waals surface area (Å²) in [6.07, 6.45) is 1.44. The van der Waals surface area contributed by atoms with Crippen LogP contribution in [0, 0.1) is 6.92 Å².